The van der Waals surface area contributed by atoms with Crippen LogP contribution in [0.5, 0.6) is 0 Å². The number of benzene rings is 1. The van der Waals surface area contributed by atoms with E-state index in [2.05, 4.69) is 50.6 Å². The van der Waals surface area contributed by atoms with Crippen LogP contribution in [0.1, 0.15) is 30.6 Å². The van der Waals surface area contributed by atoms with Crippen LogP contribution >= 0.6 is 31.9 Å². The monoisotopic (exact) mass is 402 g/mol. The molecule has 1 aromatic carbocycles. The maximum Gasteiger partial charge on any atom is 0.254 e. The Bertz CT molecular complexity index is 465. The Morgan fingerprint density at radius 3 is 2.20 bits per heavy atom. The van der Waals surface area contributed by atoms with E-state index in [0.717, 1.165) is 47.1 Å². The molecular weight excluding hydrogens is 384 g/mol. The summed E-state index contributed by atoms with van der Waals surface area (Å²) < 4.78 is 1.85. The Morgan fingerprint density at radius 2 is 1.70 bits per heavy atom. The van der Waals surface area contributed by atoms with Gasteiger partial charge >= 0.3 is 0 Å². The zero-order valence-electron chi connectivity index (χ0n) is 11.9. The van der Waals surface area contributed by atoms with Gasteiger partial charge in [0.2, 0.25) is 0 Å². The predicted octanol–water partition coefficient (Wildman–Crippen LogP) is 3.77. The summed E-state index contributed by atoms with van der Waals surface area (Å²) in [5.74, 6) is 0.121. The first kappa shape index (κ1) is 16.0. The zero-order chi connectivity index (χ0) is 14.7. The van der Waals surface area contributed by atoms with E-state index >= 15 is 0 Å². The van der Waals surface area contributed by atoms with E-state index in [1.54, 1.807) is 0 Å². The lowest BCUT2D eigenvalue weighted by atomic mass is 10.1. The van der Waals surface area contributed by atoms with Gasteiger partial charge in [-0.3, -0.25) is 9.69 Å². The van der Waals surface area contributed by atoms with Crippen molar-refractivity contribution in [3.8, 4) is 0 Å². The van der Waals surface area contributed by atoms with Gasteiger partial charge in [0.15, 0.2) is 0 Å². The molecule has 0 radical (unpaired) electrons. The van der Waals surface area contributed by atoms with Crippen LogP contribution in [-0.4, -0.2) is 47.9 Å². The number of amides is 1. The van der Waals surface area contributed by atoms with Gasteiger partial charge in [-0.2, -0.15) is 0 Å². The van der Waals surface area contributed by atoms with Crippen molar-refractivity contribution in [1.29, 1.82) is 0 Å². The van der Waals surface area contributed by atoms with Gasteiger partial charge in [-0.15, -0.1) is 0 Å². The van der Waals surface area contributed by atoms with E-state index in [0.29, 0.717) is 6.04 Å². The van der Waals surface area contributed by atoms with Crippen LogP contribution in [0.25, 0.3) is 0 Å². The molecule has 5 heteroatoms. The van der Waals surface area contributed by atoms with Crippen molar-refractivity contribution in [1.82, 2.24) is 9.80 Å². The summed E-state index contributed by atoms with van der Waals surface area (Å²) in [7, 11) is 0. The van der Waals surface area contributed by atoms with Crippen LogP contribution in [0.3, 0.4) is 0 Å². The standard InChI is InChI=1S/C15H20Br2N2O/c1-3-11(2)18-4-6-19(7-5-18)15(20)12-8-13(16)10-14(17)9-12/h8-11H,3-7H2,1-2H3. The van der Waals surface area contributed by atoms with E-state index < -0.39 is 0 Å². The van der Waals surface area contributed by atoms with Crippen molar-refractivity contribution >= 4 is 37.8 Å². The van der Waals surface area contributed by atoms with E-state index in [4.69, 9.17) is 0 Å². The maximum atomic E-state index is 12.5. The van der Waals surface area contributed by atoms with Gasteiger partial charge in [0.1, 0.15) is 0 Å². The van der Waals surface area contributed by atoms with Gasteiger partial charge < -0.3 is 4.90 Å². The summed E-state index contributed by atoms with van der Waals surface area (Å²) in [6.07, 6.45) is 1.16. The average molecular weight is 404 g/mol. The molecule has 1 atom stereocenters. The molecule has 0 aromatic heterocycles. The second kappa shape index (κ2) is 7.05. The fourth-order valence-corrected chi connectivity index (χ4v) is 3.78. The Kier molecular flexibility index (Phi) is 5.64. The number of nitrogens with zero attached hydrogens (tertiary/aromatic N) is 2. The normalized spacial score (nSPS) is 18.1. The average Bonchev–Trinajstić information content (AvgIpc) is 2.45. The Labute approximate surface area is 137 Å². The van der Waals surface area contributed by atoms with E-state index in [9.17, 15) is 4.79 Å². The van der Waals surface area contributed by atoms with Gasteiger partial charge in [-0.05, 0) is 31.5 Å². The second-order valence-electron chi connectivity index (χ2n) is 5.24. The highest BCUT2D eigenvalue weighted by atomic mass is 79.9. The molecule has 1 aliphatic heterocycles. The van der Waals surface area contributed by atoms with Crippen molar-refractivity contribution in [2.45, 2.75) is 26.3 Å². The van der Waals surface area contributed by atoms with E-state index in [1.165, 1.54) is 0 Å². The first-order valence-corrected chi connectivity index (χ1v) is 8.59. The molecule has 1 heterocycles. The topological polar surface area (TPSA) is 23.6 Å². The second-order valence-corrected chi connectivity index (χ2v) is 7.07. The number of carbonyl (C=O) groups is 1. The third kappa shape index (κ3) is 3.83. The van der Waals surface area contributed by atoms with Gasteiger partial charge in [0, 0.05) is 46.7 Å². The third-order valence-electron chi connectivity index (χ3n) is 3.93. The number of piperazine rings is 1. The van der Waals surface area contributed by atoms with E-state index in [-0.39, 0.29) is 5.91 Å². The quantitative estimate of drug-likeness (QED) is 0.766. The molecule has 1 saturated heterocycles. The zero-order valence-corrected chi connectivity index (χ0v) is 15.1. The molecule has 0 bridgehead atoms. The lowest BCUT2D eigenvalue weighted by Crippen LogP contribution is -2.51. The van der Waals surface area contributed by atoms with Crippen molar-refractivity contribution in [2.24, 2.45) is 0 Å². The molecule has 0 saturated carbocycles. The SMILES string of the molecule is CCC(C)N1CCN(C(=O)c2cc(Br)cc(Br)c2)CC1. The fourth-order valence-electron chi connectivity index (χ4n) is 2.48. The maximum absolute atomic E-state index is 12.5. The number of hydrogen-bond acceptors (Lipinski definition) is 2. The number of rotatable bonds is 3. The molecular formula is C15H20Br2N2O. The smallest absolute Gasteiger partial charge is 0.254 e. The van der Waals surface area contributed by atoms with Gasteiger partial charge in [0.25, 0.3) is 5.91 Å². The fraction of sp³-hybridized carbons (Fsp3) is 0.533. The predicted molar refractivity (Wildman–Crippen MR) is 89.1 cm³/mol. The molecule has 2 rings (SSSR count). The number of halogens is 2. The van der Waals surface area contributed by atoms with Crippen LogP contribution in [0, 0.1) is 0 Å². The van der Waals surface area contributed by atoms with E-state index in [1.807, 2.05) is 23.1 Å². The van der Waals surface area contributed by atoms with Crippen molar-refractivity contribution in [3.05, 3.63) is 32.7 Å². The van der Waals surface area contributed by atoms with Gasteiger partial charge in [0.05, 0.1) is 0 Å². The third-order valence-corrected chi connectivity index (χ3v) is 4.84. The molecule has 1 aromatic rings. The van der Waals surface area contributed by atoms with Crippen LogP contribution in [0.4, 0.5) is 0 Å². The molecule has 0 aliphatic carbocycles. The highest BCUT2D eigenvalue weighted by Crippen LogP contribution is 2.21. The lowest BCUT2D eigenvalue weighted by molar-refractivity contribution is 0.0579. The molecule has 1 amide bonds. The summed E-state index contributed by atoms with van der Waals surface area (Å²) in [5, 5.41) is 0. The highest BCUT2D eigenvalue weighted by Gasteiger charge is 2.24. The minimum Gasteiger partial charge on any atom is -0.336 e. The molecule has 0 N–H and O–H groups in total. The van der Waals surface area contributed by atoms with Gasteiger partial charge in [-0.1, -0.05) is 38.8 Å². The first-order chi connectivity index (χ1) is 9.51. The van der Waals surface area contributed by atoms with Crippen molar-refractivity contribution in [2.75, 3.05) is 26.2 Å². The summed E-state index contributed by atoms with van der Waals surface area (Å²) >= 11 is 6.87. The van der Waals surface area contributed by atoms with Crippen LogP contribution in [0.2, 0.25) is 0 Å². The summed E-state index contributed by atoms with van der Waals surface area (Å²) in [5.41, 5.74) is 0.739. The molecule has 20 heavy (non-hydrogen) atoms. The molecule has 1 unspecified atom stereocenters. The molecule has 0 spiro atoms. The molecule has 110 valence electrons. The largest absolute Gasteiger partial charge is 0.336 e. The minimum absolute atomic E-state index is 0.121. The van der Waals surface area contributed by atoms with Crippen LogP contribution < -0.4 is 0 Å². The van der Waals surface area contributed by atoms with Crippen molar-refractivity contribution < 1.29 is 4.79 Å². The van der Waals surface area contributed by atoms with Crippen LogP contribution in [0.15, 0.2) is 27.1 Å². The molecule has 1 fully saturated rings. The Hall–Kier alpha value is -0.390. The number of carbonyl (C=O) groups excluding carboxylic acids is 1. The number of hydrogen-bond donors (Lipinski definition) is 0. The summed E-state index contributed by atoms with van der Waals surface area (Å²) in [6.45, 7) is 8.02. The minimum atomic E-state index is 0.121. The molecule has 1 aliphatic rings. The molecule has 3 nitrogen and oxygen atoms in total. The highest BCUT2D eigenvalue weighted by molar-refractivity contribution is 9.11. The van der Waals surface area contributed by atoms with Crippen LogP contribution in [-0.2, 0) is 0 Å². The lowest BCUT2D eigenvalue weighted by Gasteiger charge is -2.37. The van der Waals surface area contributed by atoms with Gasteiger partial charge in [-0.25, -0.2) is 0 Å². The summed E-state index contributed by atoms with van der Waals surface area (Å²) in [4.78, 5) is 16.9. The first-order valence-electron chi connectivity index (χ1n) is 7.00. The Balaban J connectivity index is 2.01. The summed E-state index contributed by atoms with van der Waals surface area (Å²) in [6, 6.07) is 6.31. The van der Waals surface area contributed by atoms with Crippen molar-refractivity contribution in [3.63, 3.8) is 0 Å². The Morgan fingerprint density at radius 1 is 1.15 bits per heavy atom.